The van der Waals surface area contributed by atoms with Gasteiger partial charge in [0.25, 0.3) is 0 Å². The van der Waals surface area contributed by atoms with Crippen LogP contribution in [0.3, 0.4) is 0 Å². The number of hydrogen-bond acceptors (Lipinski definition) is 3. The van der Waals surface area contributed by atoms with Gasteiger partial charge in [0.2, 0.25) is 0 Å². The Morgan fingerprint density at radius 1 is 1.25 bits per heavy atom. The molecule has 0 spiro atoms. The van der Waals surface area contributed by atoms with Crippen LogP contribution in [-0.4, -0.2) is 22.0 Å². The molecule has 1 aromatic carbocycles. The van der Waals surface area contributed by atoms with Gasteiger partial charge in [-0.1, -0.05) is 13.0 Å². The van der Waals surface area contributed by atoms with Crippen LogP contribution in [0.1, 0.15) is 35.7 Å². The van der Waals surface area contributed by atoms with Gasteiger partial charge in [0.1, 0.15) is 5.75 Å². The number of carbonyl (C=O) groups is 2. The Kier molecular flexibility index (Phi) is 4.05. The number of carbonyl (C=O) groups excluding carboxylic acids is 1. The van der Waals surface area contributed by atoms with Crippen molar-refractivity contribution >= 4 is 11.8 Å². The lowest BCUT2D eigenvalue weighted by Gasteiger charge is -2.05. The van der Waals surface area contributed by atoms with Crippen LogP contribution in [0.25, 0.3) is 0 Å². The molecule has 0 radical (unpaired) electrons. The maximum absolute atomic E-state index is 11.6. The molecule has 1 rings (SSSR count). The Bertz CT molecular complexity index is 409. The van der Waals surface area contributed by atoms with Gasteiger partial charge in [-0.15, -0.1) is 0 Å². The van der Waals surface area contributed by atoms with Crippen LogP contribution in [0, 0.1) is 0 Å². The molecular formula is C12H14O4. The van der Waals surface area contributed by atoms with Gasteiger partial charge >= 0.3 is 5.97 Å². The first-order valence-corrected chi connectivity index (χ1v) is 5.11. The monoisotopic (exact) mass is 222 g/mol. The van der Waals surface area contributed by atoms with Gasteiger partial charge in [0.15, 0.2) is 5.78 Å². The van der Waals surface area contributed by atoms with Crippen LogP contribution in [0.15, 0.2) is 18.2 Å². The first kappa shape index (κ1) is 12.2. The standard InChI is InChI=1S/C12H14O4/c1-2-8-3-4-10(13)9(7-8)11(14)5-6-12(15)16/h3-4,7,13H,2,5-6H2,1H3,(H,15,16). The molecule has 0 saturated heterocycles. The number of carboxylic acids is 1. The number of aromatic hydroxyl groups is 1. The Morgan fingerprint density at radius 3 is 2.50 bits per heavy atom. The number of hydrogen-bond donors (Lipinski definition) is 2. The summed E-state index contributed by atoms with van der Waals surface area (Å²) in [6, 6.07) is 4.82. The summed E-state index contributed by atoms with van der Waals surface area (Å²) in [6.07, 6.45) is 0.462. The van der Waals surface area contributed by atoms with Gasteiger partial charge in [-0.3, -0.25) is 9.59 Å². The van der Waals surface area contributed by atoms with Crippen LogP contribution in [-0.2, 0) is 11.2 Å². The van der Waals surface area contributed by atoms with Gasteiger partial charge in [-0.2, -0.15) is 0 Å². The van der Waals surface area contributed by atoms with Gasteiger partial charge in [0.05, 0.1) is 12.0 Å². The molecule has 0 aromatic heterocycles. The maximum atomic E-state index is 11.6. The highest BCUT2D eigenvalue weighted by molar-refractivity contribution is 5.99. The van der Waals surface area contributed by atoms with E-state index in [1.54, 1.807) is 12.1 Å². The summed E-state index contributed by atoms with van der Waals surface area (Å²) in [7, 11) is 0. The van der Waals surface area contributed by atoms with Crippen molar-refractivity contribution in [2.75, 3.05) is 0 Å². The summed E-state index contributed by atoms with van der Waals surface area (Å²) in [6.45, 7) is 1.94. The van der Waals surface area contributed by atoms with E-state index in [0.29, 0.717) is 0 Å². The van der Waals surface area contributed by atoms with Crippen molar-refractivity contribution in [3.63, 3.8) is 0 Å². The molecular weight excluding hydrogens is 208 g/mol. The zero-order chi connectivity index (χ0) is 12.1. The second-order valence-corrected chi connectivity index (χ2v) is 3.52. The number of benzene rings is 1. The molecule has 0 aliphatic heterocycles. The quantitative estimate of drug-likeness (QED) is 0.747. The highest BCUT2D eigenvalue weighted by Gasteiger charge is 2.13. The number of rotatable bonds is 5. The third-order valence-corrected chi connectivity index (χ3v) is 2.34. The number of aryl methyl sites for hydroxylation is 1. The summed E-state index contributed by atoms with van der Waals surface area (Å²) in [5.41, 5.74) is 1.15. The summed E-state index contributed by atoms with van der Waals surface area (Å²) in [5.74, 6) is -1.44. The van der Waals surface area contributed by atoms with E-state index in [-0.39, 0.29) is 29.9 Å². The lowest BCUT2D eigenvalue weighted by atomic mass is 10.0. The van der Waals surface area contributed by atoms with Gasteiger partial charge < -0.3 is 10.2 Å². The predicted molar refractivity (Wildman–Crippen MR) is 58.7 cm³/mol. The molecule has 0 aliphatic rings. The molecule has 0 heterocycles. The molecule has 1 aromatic rings. The first-order chi connectivity index (χ1) is 7.54. The summed E-state index contributed by atoms with van der Waals surface area (Å²) < 4.78 is 0. The summed E-state index contributed by atoms with van der Waals surface area (Å²) in [4.78, 5) is 21.9. The van der Waals surface area contributed by atoms with Crippen molar-refractivity contribution < 1.29 is 19.8 Å². The summed E-state index contributed by atoms with van der Waals surface area (Å²) >= 11 is 0. The highest BCUT2D eigenvalue weighted by atomic mass is 16.4. The number of Topliss-reactive ketones (excluding diaryl/α,β-unsaturated/α-hetero) is 1. The van der Waals surface area contributed by atoms with Crippen molar-refractivity contribution in [3.8, 4) is 5.75 Å². The predicted octanol–water partition coefficient (Wildman–Crippen LogP) is 2.00. The third kappa shape index (κ3) is 3.08. The van der Waals surface area contributed by atoms with Crippen LogP contribution >= 0.6 is 0 Å². The molecule has 0 saturated carbocycles. The number of carboxylic acid groups (broad SMARTS) is 1. The van der Waals surface area contributed by atoms with Crippen LogP contribution in [0.5, 0.6) is 5.75 Å². The zero-order valence-electron chi connectivity index (χ0n) is 9.06. The Morgan fingerprint density at radius 2 is 1.94 bits per heavy atom. The van der Waals surface area contributed by atoms with Crippen molar-refractivity contribution in [2.24, 2.45) is 0 Å². The average Bonchev–Trinajstić information content (AvgIpc) is 2.26. The molecule has 4 heteroatoms. The first-order valence-electron chi connectivity index (χ1n) is 5.11. The van der Waals surface area contributed by atoms with E-state index in [0.717, 1.165) is 12.0 Å². The molecule has 0 atom stereocenters. The Labute approximate surface area is 93.5 Å². The SMILES string of the molecule is CCc1ccc(O)c(C(=O)CCC(=O)O)c1. The van der Waals surface area contributed by atoms with E-state index in [2.05, 4.69) is 0 Å². The van der Waals surface area contributed by atoms with Crippen molar-refractivity contribution in [3.05, 3.63) is 29.3 Å². The Balaban J connectivity index is 2.85. The van der Waals surface area contributed by atoms with Crippen LogP contribution < -0.4 is 0 Å². The van der Waals surface area contributed by atoms with Gasteiger partial charge in [0, 0.05) is 6.42 Å². The molecule has 2 N–H and O–H groups in total. The highest BCUT2D eigenvalue weighted by Crippen LogP contribution is 2.21. The van der Waals surface area contributed by atoms with E-state index >= 15 is 0 Å². The number of aliphatic carboxylic acids is 1. The van der Waals surface area contributed by atoms with Crippen molar-refractivity contribution in [2.45, 2.75) is 26.2 Å². The lowest BCUT2D eigenvalue weighted by molar-refractivity contribution is -0.136. The third-order valence-electron chi connectivity index (χ3n) is 2.34. The van der Waals surface area contributed by atoms with Gasteiger partial charge in [-0.25, -0.2) is 0 Å². The zero-order valence-corrected chi connectivity index (χ0v) is 9.06. The van der Waals surface area contributed by atoms with E-state index in [1.165, 1.54) is 6.07 Å². The fourth-order valence-electron chi connectivity index (χ4n) is 1.38. The minimum atomic E-state index is -1.01. The second kappa shape index (κ2) is 5.30. The molecule has 86 valence electrons. The molecule has 0 bridgehead atoms. The van der Waals surface area contributed by atoms with Crippen LogP contribution in [0.2, 0.25) is 0 Å². The molecule has 4 nitrogen and oxygen atoms in total. The molecule has 0 amide bonds. The maximum Gasteiger partial charge on any atom is 0.303 e. The number of phenolic OH excluding ortho intramolecular Hbond substituents is 1. The normalized spacial score (nSPS) is 10.1. The lowest BCUT2D eigenvalue weighted by Crippen LogP contribution is -2.04. The summed E-state index contributed by atoms with van der Waals surface area (Å²) in [5, 5.41) is 18.0. The van der Waals surface area contributed by atoms with E-state index in [1.807, 2.05) is 6.92 Å². The average molecular weight is 222 g/mol. The minimum absolute atomic E-state index is 0.0872. The topological polar surface area (TPSA) is 74.6 Å². The van der Waals surface area contributed by atoms with Gasteiger partial charge in [-0.05, 0) is 24.1 Å². The Hall–Kier alpha value is -1.84. The number of phenols is 1. The second-order valence-electron chi connectivity index (χ2n) is 3.52. The molecule has 0 aliphatic carbocycles. The van der Waals surface area contributed by atoms with E-state index in [4.69, 9.17) is 5.11 Å². The fourth-order valence-corrected chi connectivity index (χ4v) is 1.38. The van der Waals surface area contributed by atoms with Crippen LogP contribution in [0.4, 0.5) is 0 Å². The van der Waals surface area contributed by atoms with E-state index < -0.39 is 5.97 Å². The van der Waals surface area contributed by atoms with Crippen molar-refractivity contribution in [1.82, 2.24) is 0 Å². The molecule has 0 fully saturated rings. The smallest absolute Gasteiger partial charge is 0.303 e. The minimum Gasteiger partial charge on any atom is -0.507 e. The fraction of sp³-hybridized carbons (Fsp3) is 0.333. The largest absolute Gasteiger partial charge is 0.507 e. The number of ketones is 1. The molecule has 0 unspecified atom stereocenters. The van der Waals surface area contributed by atoms with Crippen molar-refractivity contribution in [1.29, 1.82) is 0 Å². The van der Waals surface area contributed by atoms with E-state index in [9.17, 15) is 14.7 Å². The molecule has 16 heavy (non-hydrogen) atoms.